The van der Waals surface area contributed by atoms with E-state index < -0.39 is 12.7 Å². The Kier molecular flexibility index (Phi) is 2.70. The molecule has 0 aromatic carbocycles. The number of hydrogen-bond acceptors (Lipinski definition) is 2. The van der Waals surface area contributed by atoms with Crippen LogP contribution in [-0.4, -0.2) is 43.3 Å². The summed E-state index contributed by atoms with van der Waals surface area (Å²) >= 11 is 0. The van der Waals surface area contributed by atoms with Crippen molar-refractivity contribution in [3.05, 3.63) is 0 Å². The molecule has 0 spiro atoms. The lowest BCUT2D eigenvalue weighted by molar-refractivity contribution is -0.127. The van der Waals surface area contributed by atoms with Crippen LogP contribution in [0.3, 0.4) is 0 Å². The molecule has 14 heavy (non-hydrogen) atoms. The van der Waals surface area contributed by atoms with E-state index in [9.17, 15) is 13.2 Å². The van der Waals surface area contributed by atoms with Crippen molar-refractivity contribution in [1.29, 1.82) is 0 Å². The molecule has 3 unspecified atom stereocenters. The molecule has 5 heteroatoms. The zero-order valence-electron chi connectivity index (χ0n) is 7.98. The predicted molar refractivity (Wildman–Crippen MR) is 47.0 cm³/mol. The minimum absolute atomic E-state index is 0.0791. The summed E-state index contributed by atoms with van der Waals surface area (Å²) < 4.78 is 35.9. The van der Waals surface area contributed by atoms with Crippen LogP contribution >= 0.6 is 0 Å². The molecule has 2 aliphatic rings. The average molecular weight is 208 g/mol. The van der Waals surface area contributed by atoms with Crippen LogP contribution in [0, 0.1) is 5.92 Å². The second kappa shape index (κ2) is 3.70. The Balaban J connectivity index is 1.80. The number of fused-ring (bicyclic) bond motifs is 2. The van der Waals surface area contributed by atoms with Crippen LogP contribution in [-0.2, 0) is 0 Å². The van der Waals surface area contributed by atoms with Crippen molar-refractivity contribution in [2.75, 3.05) is 26.2 Å². The first-order valence-corrected chi connectivity index (χ1v) is 5.07. The van der Waals surface area contributed by atoms with E-state index in [1.165, 1.54) is 0 Å². The fourth-order valence-corrected chi connectivity index (χ4v) is 2.47. The largest absolute Gasteiger partial charge is 0.401 e. The standard InChI is InChI=1S/C9H15F3N2/c10-9(11,12)6-13-8-2-4-14-3-1-7(8)5-14/h7-8,13H,1-6H2. The van der Waals surface area contributed by atoms with Gasteiger partial charge in [0.2, 0.25) is 0 Å². The quantitative estimate of drug-likeness (QED) is 0.734. The zero-order chi connectivity index (χ0) is 10.2. The van der Waals surface area contributed by atoms with Gasteiger partial charge in [-0.2, -0.15) is 13.2 Å². The highest BCUT2D eigenvalue weighted by molar-refractivity contribution is 4.90. The Hall–Kier alpha value is -0.290. The highest BCUT2D eigenvalue weighted by atomic mass is 19.4. The Bertz CT molecular complexity index is 205. The number of halogens is 3. The summed E-state index contributed by atoms with van der Waals surface area (Å²) in [5, 5.41) is 2.64. The Morgan fingerprint density at radius 2 is 1.93 bits per heavy atom. The second-order valence-electron chi connectivity index (χ2n) is 4.24. The smallest absolute Gasteiger partial charge is 0.306 e. The third-order valence-electron chi connectivity index (χ3n) is 3.20. The van der Waals surface area contributed by atoms with Crippen LogP contribution in [0.2, 0.25) is 0 Å². The molecular weight excluding hydrogens is 193 g/mol. The molecule has 1 N–H and O–H groups in total. The van der Waals surface area contributed by atoms with Gasteiger partial charge in [0.05, 0.1) is 6.54 Å². The van der Waals surface area contributed by atoms with E-state index in [1.54, 1.807) is 0 Å². The van der Waals surface area contributed by atoms with E-state index in [2.05, 4.69) is 10.2 Å². The Morgan fingerprint density at radius 3 is 2.64 bits per heavy atom. The van der Waals surface area contributed by atoms with Gasteiger partial charge in [0.25, 0.3) is 0 Å². The Morgan fingerprint density at radius 1 is 1.21 bits per heavy atom. The average Bonchev–Trinajstić information content (AvgIpc) is 2.46. The maximum absolute atomic E-state index is 12.0. The zero-order valence-corrected chi connectivity index (χ0v) is 7.98. The number of rotatable bonds is 2. The van der Waals surface area contributed by atoms with E-state index in [1.807, 2.05) is 0 Å². The molecule has 2 nitrogen and oxygen atoms in total. The van der Waals surface area contributed by atoms with E-state index in [0.29, 0.717) is 5.92 Å². The first-order valence-electron chi connectivity index (χ1n) is 5.07. The van der Waals surface area contributed by atoms with Crippen molar-refractivity contribution in [2.45, 2.75) is 25.1 Å². The van der Waals surface area contributed by atoms with E-state index in [0.717, 1.165) is 32.5 Å². The lowest BCUT2D eigenvalue weighted by atomic mass is 9.94. The molecule has 0 radical (unpaired) electrons. The summed E-state index contributed by atoms with van der Waals surface area (Å²) in [5.74, 6) is 0.436. The Labute approximate surface area is 81.5 Å². The van der Waals surface area contributed by atoms with Crippen LogP contribution in [0.1, 0.15) is 12.8 Å². The number of nitrogens with zero attached hydrogens (tertiary/aromatic N) is 1. The van der Waals surface area contributed by atoms with Crippen molar-refractivity contribution in [3.8, 4) is 0 Å². The first kappa shape index (κ1) is 10.2. The number of nitrogens with one attached hydrogen (secondary N) is 1. The van der Waals surface area contributed by atoms with Crippen LogP contribution in [0.15, 0.2) is 0 Å². The SMILES string of the molecule is FC(F)(F)CNC1CCN2CCC1C2. The van der Waals surface area contributed by atoms with Gasteiger partial charge in [-0.05, 0) is 31.8 Å². The highest BCUT2D eigenvalue weighted by Gasteiger charge is 2.36. The monoisotopic (exact) mass is 208 g/mol. The summed E-state index contributed by atoms with van der Waals surface area (Å²) in [4.78, 5) is 2.33. The molecule has 0 amide bonds. The molecule has 0 saturated carbocycles. The minimum atomic E-state index is -4.07. The normalized spacial score (nSPS) is 37.5. The summed E-state index contributed by atoms with van der Waals surface area (Å²) in [6, 6.07) is 0.0791. The maximum atomic E-state index is 12.0. The molecule has 3 atom stereocenters. The van der Waals surface area contributed by atoms with Gasteiger partial charge in [-0.3, -0.25) is 0 Å². The molecular formula is C9H15F3N2. The van der Waals surface area contributed by atoms with Gasteiger partial charge in [0.1, 0.15) is 0 Å². The third kappa shape index (κ3) is 2.39. The lowest BCUT2D eigenvalue weighted by Gasteiger charge is -2.31. The van der Waals surface area contributed by atoms with Crippen molar-refractivity contribution < 1.29 is 13.2 Å². The third-order valence-corrected chi connectivity index (χ3v) is 3.20. The van der Waals surface area contributed by atoms with Crippen molar-refractivity contribution in [3.63, 3.8) is 0 Å². The summed E-state index contributed by atoms with van der Waals surface area (Å²) in [5.41, 5.74) is 0. The maximum Gasteiger partial charge on any atom is 0.401 e. The topological polar surface area (TPSA) is 15.3 Å². The van der Waals surface area contributed by atoms with Gasteiger partial charge in [-0.25, -0.2) is 0 Å². The van der Waals surface area contributed by atoms with Gasteiger partial charge in [-0.15, -0.1) is 0 Å². The second-order valence-corrected chi connectivity index (χ2v) is 4.24. The van der Waals surface area contributed by atoms with Crippen molar-refractivity contribution in [1.82, 2.24) is 10.2 Å². The van der Waals surface area contributed by atoms with E-state index in [4.69, 9.17) is 0 Å². The molecule has 2 rings (SSSR count). The summed E-state index contributed by atoms with van der Waals surface area (Å²) in [6.45, 7) is 2.16. The minimum Gasteiger partial charge on any atom is -0.306 e. The lowest BCUT2D eigenvalue weighted by Crippen LogP contribution is -2.46. The summed E-state index contributed by atoms with van der Waals surface area (Å²) in [7, 11) is 0. The first-order chi connectivity index (χ1) is 6.54. The van der Waals surface area contributed by atoms with Crippen LogP contribution in [0.25, 0.3) is 0 Å². The molecule has 2 aliphatic heterocycles. The van der Waals surface area contributed by atoms with Crippen molar-refractivity contribution >= 4 is 0 Å². The van der Waals surface area contributed by atoms with Gasteiger partial charge < -0.3 is 10.2 Å². The van der Waals surface area contributed by atoms with Gasteiger partial charge >= 0.3 is 6.18 Å². The van der Waals surface area contributed by atoms with E-state index in [-0.39, 0.29) is 6.04 Å². The fourth-order valence-electron chi connectivity index (χ4n) is 2.47. The van der Waals surface area contributed by atoms with Gasteiger partial charge in [0.15, 0.2) is 0 Å². The molecule has 0 aliphatic carbocycles. The molecule has 2 saturated heterocycles. The molecule has 0 aromatic rings. The number of alkyl halides is 3. The number of hydrogen-bond donors (Lipinski definition) is 1. The van der Waals surface area contributed by atoms with Gasteiger partial charge in [-0.1, -0.05) is 0 Å². The molecule has 2 fully saturated rings. The molecule has 0 aromatic heterocycles. The van der Waals surface area contributed by atoms with Gasteiger partial charge in [0, 0.05) is 12.6 Å². The van der Waals surface area contributed by atoms with Crippen LogP contribution in [0.4, 0.5) is 13.2 Å². The van der Waals surface area contributed by atoms with E-state index >= 15 is 0 Å². The van der Waals surface area contributed by atoms with Crippen LogP contribution < -0.4 is 5.32 Å². The predicted octanol–water partition coefficient (Wildman–Crippen LogP) is 1.23. The fraction of sp³-hybridized carbons (Fsp3) is 1.00. The van der Waals surface area contributed by atoms with Crippen molar-refractivity contribution in [2.24, 2.45) is 5.92 Å². The highest BCUT2D eigenvalue weighted by Crippen LogP contribution is 2.27. The molecule has 82 valence electrons. The summed E-state index contributed by atoms with van der Waals surface area (Å²) in [6.07, 6.45) is -2.16. The molecule has 2 heterocycles. The van der Waals surface area contributed by atoms with Crippen LogP contribution in [0.5, 0.6) is 0 Å². The molecule has 2 bridgehead atoms. The number of piperidine rings is 1.